The van der Waals surface area contributed by atoms with Crippen molar-refractivity contribution in [3.05, 3.63) is 63.2 Å². The van der Waals surface area contributed by atoms with Gasteiger partial charge in [-0.25, -0.2) is 4.79 Å². The van der Waals surface area contributed by atoms with Crippen molar-refractivity contribution < 1.29 is 9.52 Å². The molecule has 1 aromatic heterocycles. The van der Waals surface area contributed by atoms with Gasteiger partial charge in [-0.1, -0.05) is 18.2 Å². The van der Waals surface area contributed by atoms with Gasteiger partial charge < -0.3 is 9.52 Å². The minimum Gasteiger partial charge on any atom is -0.508 e. The first-order valence-corrected chi connectivity index (χ1v) is 5.64. The van der Waals surface area contributed by atoms with Gasteiger partial charge in [0.1, 0.15) is 11.5 Å². The molecule has 18 heavy (non-hydrogen) atoms. The summed E-state index contributed by atoms with van der Waals surface area (Å²) in [5, 5.41) is 9.58. The highest BCUT2D eigenvalue weighted by Crippen LogP contribution is 2.19. The largest absolute Gasteiger partial charge is 0.508 e. The van der Waals surface area contributed by atoms with E-state index in [0.717, 1.165) is 16.7 Å². The standard InChI is InChI=1S/C15H14O3/c1-10-7-13(18-15(17)8-10)6-5-12-4-3-11(2)14(16)9-12/h3-9,16H,1-2H3/b6-5+. The maximum absolute atomic E-state index is 11.2. The van der Waals surface area contributed by atoms with Gasteiger partial charge >= 0.3 is 5.63 Å². The van der Waals surface area contributed by atoms with Crippen molar-refractivity contribution in [1.29, 1.82) is 0 Å². The fourth-order valence-corrected chi connectivity index (χ4v) is 1.62. The molecule has 0 aliphatic heterocycles. The minimum absolute atomic E-state index is 0.253. The highest BCUT2D eigenvalue weighted by molar-refractivity contribution is 5.68. The molecule has 2 aromatic rings. The number of benzene rings is 1. The van der Waals surface area contributed by atoms with Crippen molar-refractivity contribution in [2.75, 3.05) is 0 Å². The second kappa shape index (κ2) is 4.92. The zero-order valence-corrected chi connectivity index (χ0v) is 10.3. The van der Waals surface area contributed by atoms with Crippen LogP contribution >= 0.6 is 0 Å². The van der Waals surface area contributed by atoms with Crippen LogP contribution < -0.4 is 5.63 Å². The maximum atomic E-state index is 11.2. The van der Waals surface area contributed by atoms with Gasteiger partial charge in [0.2, 0.25) is 0 Å². The van der Waals surface area contributed by atoms with Crippen LogP contribution in [0.15, 0.2) is 39.5 Å². The summed E-state index contributed by atoms with van der Waals surface area (Å²) in [6.45, 7) is 3.67. The first kappa shape index (κ1) is 12.2. The van der Waals surface area contributed by atoms with Crippen molar-refractivity contribution in [3.63, 3.8) is 0 Å². The number of phenols is 1. The maximum Gasteiger partial charge on any atom is 0.336 e. The van der Waals surface area contributed by atoms with Crippen molar-refractivity contribution in [2.45, 2.75) is 13.8 Å². The zero-order valence-electron chi connectivity index (χ0n) is 10.3. The van der Waals surface area contributed by atoms with Gasteiger partial charge in [0.25, 0.3) is 0 Å². The Morgan fingerprint density at radius 1 is 1.11 bits per heavy atom. The SMILES string of the molecule is Cc1cc(/C=C/c2ccc(C)c(O)c2)oc(=O)c1. The summed E-state index contributed by atoms with van der Waals surface area (Å²) in [4.78, 5) is 11.2. The average Bonchev–Trinajstić information content (AvgIpc) is 2.29. The monoisotopic (exact) mass is 242 g/mol. The van der Waals surface area contributed by atoms with E-state index in [1.54, 1.807) is 24.3 Å². The van der Waals surface area contributed by atoms with E-state index in [0.29, 0.717) is 5.76 Å². The van der Waals surface area contributed by atoms with Gasteiger partial charge in [0.15, 0.2) is 0 Å². The molecule has 0 atom stereocenters. The minimum atomic E-state index is -0.360. The van der Waals surface area contributed by atoms with Crippen LogP contribution in [0.5, 0.6) is 5.75 Å². The molecule has 0 fully saturated rings. The molecule has 1 heterocycles. The highest BCUT2D eigenvalue weighted by atomic mass is 16.4. The molecule has 2 rings (SSSR count). The van der Waals surface area contributed by atoms with Crippen LogP contribution in [-0.4, -0.2) is 5.11 Å². The molecule has 92 valence electrons. The fourth-order valence-electron chi connectivity index (χ4n) is 1.62. The van der Waals surface area contributed by atoms with E-state index in [1.165, 1.54) is 6.07 Å². The summed E-state index contributed by atoms with van der Waals surface area (Å²) < 4.78 is 5.03. The number of aryl methyl sites for hydroxylation is 2. The quantitative estimate of drug-likeness (QED) is 0.880. The number of hydrogen-bond acceptors (Lipinski definition) is 3. The van der Waals surface area contributed by atoms with Crippen LogP contribution in [-0.2, 0) is 0 Å². The number of phenolic OH excluding ortho intramolecular Hbond substituents is 1. The molecular weight excluding hydrogens is 228 g/mol. The summed E-state index contributed by atoms with van der Waals surface area (Å²) in [6, 6.07) is 8.61. The predicted octanol–water partition coefficient (Wildman–Crippen LogP) is 3.13. The molecular formula is C15H14O3. The second-order valence-electron chi connectivity index (χ2n) is 4.24. The van der Waals surface area contributed by atoms with Crippen molar-refractivity contribution in [1.82, 2.24) is 0 Å². The first-order chi connectivity index (χ1) is 8.54. The van der Waals surface area contributed by atoms with Crippen LogP contribution in [0.4, 0.5) is 0 Å². The molecule has 0 saturated heterocycles. The zero-order chi connectivity index (χ0) is 13.1. The van der Waals surface area contributed by atoms with E-state index < -0.39 is 0 Å². The lowest BCUT2D eigenvalue weighted by Gasteiger charge is -1.99. The lowest BCUT2D eigenvalue weighted by atomic mass is 10.1. The molecule has 1 aromatic carbocycles. The topological polar surface area (TPSA) is 50.4 Å². The highest BCUT2D eigenvalue weighted by Gasteiger charge is 1.97. The van der Waals surface area contributed by atoms with E-state index in [1.807, 2.05) is 26.0 Å². The molecule has 0 aliphatic carbocycles. The predicted molar refractivity (Wildman–Crippen MR) is 71.5 cm³/mol. The van der Waals surface area contributed by atoms with Crippen molar-refractivity contribution in [3.8, 4) is 5.75 Å². The Labute approximate surface area is 105 Å². The molecule has 0 bridgehead atoms. The molecule has 0 unspecified atom stereocenters. The van der Waals surface area contributed by atoms with E-state index >= 15 is 0 Å². The third kappa shape index (κ3) is 2.88. The Hall–Kier alpha value is -2.29. The smallest absolute Gasteiger partial charge is 0.336 e. The van der Waals surface area contributed by atoms with Crippen LogP contribution in [0.2, 0.25) is 0 Å². The normalized spacial score (nSPS) is 11.0. The van der Waals surface area contributed by atoms with Gasteiger partial charge in [-0.2, -0.15) is 0 Å². The van der Waals surface area contributed by atoms with Gasteiger partial charge in [-0.05, 0) is 48.7 Å². The third-order valence-electron chi connectivity index (χ3n) is 2.61. The molecule has 1 N–H and O–H groups in total. The Morgan fingerprint density at radius 2 is 1.89 bits per heavy atom. The van der Waals surface area contributed by atoms with Gasteiger partial charge in [-0.15, -0.1) is 0 Å². The Kier molecular flexibility index (Phi) is 3.33. The Balaban J connectivity index is 2.29. The number of hydrogen-bond donors (Lipinski definition) is 1. The van der Waals surface area contributed by atoms with E-state index in [4.69, 9.17) is 4.42 Å². The van der Waals surface area contributed by atoms with Crippen LogP contribution in [0.25, 0.3) is 12.2 Å². The molecule has 0 saturated carbocycles. The molecule has 3 nitrogen and oxygen atoms in total. The van der Waals surface area contributed by atoms with E-state index in [2.05, 4.69) is 0 Å². The number of aromatic hydroxyl groups is 1. The van der Waals surface area contributed by atoms with Gasteiger partial charge in [-0.3, -0.25) is 0 Å². The second-order valence-corrected chi connectivity index (χ2v) is 4.24. The van der Waals surface area contributed by atoms with Gasteiger partial charge in [0, 0.05) is 6.07 Å². The van der Waals surface area contributed by atoms with E-state index in [9.17, 15) is 9.90 Å². The van der Waals surface area contributed by atoms with E-state index in [-0.39, 0.29) is 11.4 Å². The summed E-state index contributed by atoms with van der Waals surface area (Å²) in [5.41, 5.74) is 2.18. The van der Waals surface area contributed by atoms with Crippen LogP contribution in [0.1, 0.15) is 22.5 Å². The number of rotatable bonds is 2. The average molecular weight is 242 g/mol. The van der Waals surface area contributed by atoms with Crippen LogP contribution in [0.3, 0.4) is 0 Å². The van der Waals surface area contributed by atoms with Crippen LogP contribution in [0, 0.1) is 13.8 Å². The Bertz CT molecular complexity index is 651. The van der Waals surface area contributed by atoms with Gasteiger partial charge in [0.05, 0.1) is 0 Å². The fraction of sp³-hybridized carbons (Fsp3) is 0.133. The molecule has 0 radical (unpaired) electrons. The molecule has 0 amide bonds. The molecule has 3 heteroatoms. The summed E-state index contributed by atoms with van der Waals surface area (Å²) in [7, 11) is 0. The molecule has 0 aliphatic rings. The first-order valence-electron chi connectivity index (χ1n) is 5.64. The lowest BCUT2D eigenvalue weighted by Crippen LogP contribution is -1.97. The summed E-state index contributed by atoms with van der Waals surface area (Å²) in [6.07, 6.45) is 3.50. The van der Waals surface area contributed by atoms with Crippen molar-refractivity contribution >= 4 is 12.2 Å². The molecule has 0 spiro atoms. The lowest BCUT2D eigenvalue weighted by molar-refractivity contribution is 0.471. The van der Waals surface area contributed by atoms with Crippen molar-refractivity contribution in [2.24, 2.45) is 0 Å². The Morgan fingerprint density at radius 3 is 2.56 bits per heavy atom. The third-order valence-corrected chi connectivity index (χ3v) is 2.61. The summed E-state index contributed by atoms with van der Waals surface area (Å²) >= 11 is 0. The summed E-state index contributed by atoms with van der Waals surface area (Å²) in [5.74, 6) is 0.753.